The fourth-order valence-electron chi connectivity index (χ4n) is 2.16. The van der Waals surface area contributed by atoms with Gasteiger partial charge in [-0.2, -0.15) is 8.78 Å². The number of halogens is 2. The number of anilines is 1. The summed E-state index contributed by atoms with van der Waals surface area (Å²) in [7, 11) is 1.48. The van der Waals surface area contributed by atoms with Crippen LogP contribution in [0.2, 0.25) is 0 Å². The molecule has 26 heavy (non-hydrogen) atoms. The van der Waals surface area contributed by atoms with E-state index in [2.05, 4.69) is 10.1 Å². The molecule has 0 heterocycles. The molecule has 0 aliphatic carbocycles. The van der Waals surface area contributed by atoms with Crippen molar-refractivity contribution < 1.29 is 32.6 Å². The van der Waals surface area contributed by atoms with E-state index in [0.29, 0.717) is 11.3 Å². The number of alkyl halides is 2. The summed E-state index contributed by atoms with van der Waals surface area (Å²) in [6, 6.07) is 12.6. The molecule has 0 saturated carbocycles. The lowest BCUT2D eigenvalue weighted by atomic mass is 10.1. The highest BCUT2D eigenvalue weighted by atomic mass is 19.3. The first kappa shape index (κ1) is 19.2. The Morgan fingerprint density at radius 3 is 2.38 bits per heavy atom. The van der Waals surface area contributed by atoms with Crippen molar-refractivity contribution >= 4 is 17.6 Å². The van der Waals surface area contributed by atoms with E-state index < -0.39 is 25.1 Å². The lowest BCUT2D eigenvalue weighted by Crippen LogP contribution is -2.22. The zero-order valence-corrected chi connectivity index (χ0v) is 13.9. The second-order valence-corrected chi connectivity index (χ2v) is 5.07. The molecule has 0 saturated heterocycles. The molecule has 0 aromatic heterocycles. The first-order chi connectivity index (χ1) is 12.5. The van der Waals surface area contributed by atoms with Gasteiger partial charge in [0.1, 0.15) is 11.5 Å². The first-order valence-corrected chi connectivity index (χ1v) is 7.61. The van der Waals surface area contributed by atoms with Crippen molar-refractivity contribution in [2.45, 2.75) is 13.0 Å². The Labute approximate surface area is 148 Å². The summed E-state index contributed by atoms with van der Waals surface area (Å²) in [4.78, 5) is 23.7. The summed E-state index contributed by atoms with van der Waals surface area (Å²) < 4.78 is 39.0. The summed E-state index contributed by atoms with van der Waals surface area (Å²) in [5.74, 6) is -0.950. The number of esters is 1. The molecular weight excluding hydrogens is 348 g/mol. The molecule has 0 radical (unpaired) electrons. The van der Waals surface area contributed by atoms with Crippen LogP contribution in [0.5, 0.6) is 11.5 Å². The number of methoxy groups -OCH3 is 1. The van der Waals surface area contributed by atoms with Gasteiger partial charge in [-0.3, -0.25) is 9.59 Å². The van der Waals surface area contributed by atoms with Crippen molar-refractivity contribution in [2.24, 2.45) is 0 Å². The molecule has 2 aromatic carbocycles. The van der Waals surface area contributed by atoms with E-state index in [9.17, 15) is 18.4 Å². The van der Waals surface area contributed by atoms with Gasteiger partial charge in [-0.25, -0.2) is 0 Å². The van der Waals surface area contributed by atoms with E-state index in [1.54, 1.807) is 30.3 Å². The van der Waals surface area contributed by atoms with Crippen molar-refractivity contribution in [3.05, 3.63) is 54.1 Å². The van der Waals surface area contributed by atoms with E-state index in [1.165, 1.54) is 25.3 Å². The number of hydrogen-bond acceptors (Lipinski definition) is 5. The van der Waals surface area contributed by atoms with Gasteiger partial charge in [0.05, 0.1) is 19.2 Å². The second kappa shape index (κ2) is 9.36. The minimum absolute atomic E-state index is 0.0542. The molecule has 1 N–H and O–H groups in total. The van der Waals surface area contributed by atoms with Crippen molar-refractivity contribution in [3.63, 3.8) is 0 Å². The van der Waals surface area contributed by atoms with Gasteiger partial charge in [-0.15, -0.1) is 0 Å². The normalized spacial score (nSPS) is 10.3. The van der Waals surface area contributed by atoms with Gasteiger partial charge in [0.15, 0.2) is 6.61 Å². The molecule has 0 spiro atoms. The van der Waals surface area contributed by atoms with E-state index in [4.69, 9.17) is 9.47 Å². The molecule has 8 heteroatoms. The topological polar surface area (TPSA) is 73.9 Å². The quantitative estimate of drug-likeness (QED) is 0.728. The van der Waals surface area contributed by atoms with Gasteiger partial charge in [0, 0.05) is 5.56 Å². The Hall–Kier alpha value is -3.16. The maximum absolute atomic E-state index is 12.3. The van der Waals surface area contributed by atoms with Crippen molar-refractivity contribution in [2.75, 3.05) is 19.0 Å². The van der Waals surface area contributed by atoms with E-state index in [0.717, 1.165) is 0 Å². The fourth-order valence-corrected chi connectivity index (χ4v) is 2.16. The number of nitrogens with one attached hydrogen (secondary N) is 1. The molecule has 1 amide bonds. The summed E-state index contributed by atoms with van der Waals surface area (Å²) in [6.45, 7) is -3.58. The van der Waals surface area contributed by atoms with Crippen LogP contribution in [0.15, 0.2) is 48.5 Å². The van der Waals surface area contributed by atoms with E-state index in [1.807, 2.05) is 0 Å². The second-order valence-electron chi connectivity index (χ2n) is 5.07. The molecule has 2 aromatic rings. The Morgan fingerprint density at radius 1 is 1.04 bits per heavy atom. The highest BCUT2D eigenvalue weighted by molar-refractivity contribution is 5.94. The zero-order chi connectivity index (χ0) is 18.9. The van der Waals surface area contributed by atoms with E-state index in [-0.39, 0.29) is 17.9 Å². The van der Waals surface area contributed by atoms with Crippen LogP contribution in [-0.4, -0.2) is 32.2 Å². The standard InChI is InChI=1S/C18H17F2NO5/c1-24-14-8-4-2-6-12(14)10-17(23)25-11-16(22)21-13-7-3-5-9-15(13)26-18(19)20/h2-9,18H,10-11H2,1H3,(H,21,22). The SMILES string of the molecule is COc1ccccc1CC(=O)OCC(=O)Nc1ccccc1OC(F)F. The lowest BCUT2D eigenvalue weighted by Gasteiger charge is -2.12. The van der Waals surface area contributed by atoms with Crippen LogP contribution < -0.4 is 14.8 Å². The minimum atomic E-state index is -3.02. The molecule has 138 valence electrons. The summed E-state index contributed by atoms with van der Waals surface area (Å²) in [6.07, 6.45) is -0.0671. The average molecular weight is 365 g/mol. The van der Waals surface area contributed by atoms with Gasteiger partial charge in [-0.1, -0.05) is 30.3 Å². The predicted molar refractivity (Wildman–Crippen MR) is 89.4 cm³/mol. The third kappa shape index (κ3) is 5.73. The maximum atomic E-state index is 12.3. The first-order valence-electron chi connectivity index (χ1n) is 7.61. The number of amides is 1. The van der Waals surface area contributed by atoms with Crippen LogP contribution in [-0.2, 0) is 20.7 Å². The molecule has 0 unspecified atom stereocenters. The van der Waals surface area contributed by atoms with Crippen molar-refractivity contribution in [1.29, 1.82) is 0 Å². The van der Waals surface area contributed by atoms with Gasteiger partial charge >= 0.3 is 12.6 Å². The number of hydrogen-bond donors (Lipinski definition) is 1. The van der Waals surface area contributed by atoms with Gasteiger partial charge in [0.2, 0.25) is 0 Å². The highest BCUT2D eigenvalue weighted by Gasteiger charge is 2.14. The van der Waals surface area contributed by atoms with Crippen LogP contribution in [0, 0.1) is 0 Å². The fraction of sp³-hybridized carbons (Fsp3) is 0.222. The summed E-state index contributed by atoms with van der Waals surface area (Å²) in [5, 5.41) is 2.36. The molecule has 0 bridgehead atoms. The van der Waals surface area contributed by atoms with Crippen LogP contribution in [0.3, 0.4) is 0 Å². The molecular formula is C18H17F2NO5. The number of rotatable bonds is 8. The smallest absolute Gasteiger partial charge is 0.387 e. The number of ether oxygens (including phenoxy) is 3. The number of benzene rings is 2. The predicted octanol–water partition coefficient (Wildman–Crippen LogP) is 3.02. The largest absolute Gasteiger partial charge is 0.496 e. The average Bonchev–Trinajstić information content (AvgIpc) is 2.62. The third-order valence-electron chi connectivity index (χ3n) is 3.27. The third-order valence-corrected chi connectivity index (χ3v) is 3.27. The van der Waals surface area contributed by atoms with Crippen molar-refractivity contribution in [1.82, 2.24) is 0 Å². The number of para-hydroxylation sites is 3. The van der Waals surface area contributed by atoms with Crippen LogP contribution >= 0.6 is 0 Å². The van der Waals surface area contributed by atoms with Crippen molar-refractivity contribution in [3.8, 4) is 11.5 Å². The van der Waals surface area contributed by atoms with Gasteiger partial charge in [-0.05, 0) is 18.2 Å². The highest BCUT2D eigenvalue weighted by Crippen LogP contribution is 2.25. The van der Waals surface area contributed by atoms with Crippen LogP contribution in [0.1, 0.15) is 5.56 Å². The maximum Gasteiger partial charge on any atom is 0.387 e. The van der Waals surface area contributed by atoms with Gasteiger partial charge < -0.3 is 19.5 Å². The zero-order valence-electron chi connectivity index (χ0n) is 13.9. The molecule has 2 rings (SSSR count). The number of carbonyl (C=O) groups excluding carboxylic acids is 2. The van der Waals surface area contributed by atoms with Crippen LogP contribution in [0.4, 0.5) is 14.5 Å². The Balaban J connectivity index is 1.88. The van der Waals surface area contributed by atoms with E-state index >= 15 is 0 Å². The Morgan fingerprint density at radius 2 is 1.69 bits per heavy atom. The molecule has 0 fully saturated rings. The molecule has 6 nitrogen and oxygen atoms in total. The number of carbonyl (C=O) groups is 2. The minimum Gasteiger partial charge on any atom is -0.496 e. The molecule has 0 aliphatic heterocycles. The summed E-state index contributed by atoms with van der Waals surface area (Å²) >= 11 is 0. The Kier molecular flexibility index (Phi) is 6.90. The lowest BCUT2D eigenvalue weighted by molar-refractivity contribution is -0.146. The molecule has 0 atom stereocenters. The summed E-state index contributed by atoms with van der Waals surface area (Å²) in [5.41, 5.74) is 0.676. The van der Waals surface area contributed by atoms with Gasteiger partial charge in [0.25, 0.3) is 5.91 Å². The Bertz CT molecular complexity index is 767. The van der Waals surface area contributed by atoms with Crippen LogP contribution in [0.25, 0.3) is 0 Å². The molecule has 0 aliphatic rings. The monoisotopic (exact) mass is 365 g/mol.